The molecule has 1 unspecified atom stereocenters. The average Bonchev–Trinajstić information content (AvgIpc) is 3.24. The van der Waals surface area contributed by atoms with Crippen LogP contribution in [0, 0.1) is 6.92 Å². The standard InChI is InChI=1S/C23H29N3O3/c1-17-10-13-26(16-19-8-5-15-29-19)23(28)21(17)22(27)24-11-14-25-12-4-7-18-6-2-3-9-20(18)25/h2-3,6,9-10,13,19H,4-5,7-8,11-12,14-16H2,1H3,(H,24,27). The molecule has 1 aromatic carbocycles. The molecule has 29 heavy (non-hydrogen) atoms. The highest BCUT2D eigenvalue weighted by molar-refractivity contribution is 5.95. The Hall–Kier alpha value is -2.60. The number of pyridine rings is 1. The van der Waals surface area contributed by atoms with Crippen molar-refractivity contribution in [1.82, 2.24) is 9.88 Å². The summed E-state index contributed by atoms with van der Waals surface area (Å²) in [5.74, 6) is -0.292. The zero-order chi connectivity index (χ0) is 20.2. The number of nitrogens with one attached hydrogen (secondary N) is 1. The van der Waals surface area contributed by atoms with E-state index in [2.05, 4.69) is 34.5 Å². The molecule has 0 spiro atoms. The van der Waals surface area contributed by atoms with Crippen LogP contribution in [0.3, 0.4) is 0 Å². The molecule has 1 N–H and O–H groups in total. The fourth-order valence-electron chi connectivity index (χ4n) is 4.33. The summed E-state index contributed by atoms with van der Waals surface area (Å²) >= 11 is 0. The molecule has 0 saturated carbocycles. The van der Waals surface area contributed by atoms with Gasteiger partial charge in [-0.1, -0.05) is 18.2 Å². The molecule has 3 heterocycles. The highest BCUT2D eigenvalue weighted by atomic mass is 16.5. The number of hydrogen-bond donors (Lipinski definition) is 1. The number of anilines is 1. The number of ether oxygens (including phenoxy) is 1. The normalized spacial score (nSPS) is 18.5. The lowest BCUT2D eigenvalue weighted by Crippen LogP contribution is -2.40. The second-order valence-corrected chi connectivity index (χ2v) is 7.94. The summed E-state index contributed by atoms with van der Waals surface area (Å²) in [6, 6.07) is 10.3. The third-order valence-corrected chi connectivity index (χ3v) is 5.90. The Morgan fingerprint density at radius 1 is 1.24 bits per heavy atom. The lowest BCUT2D eigenvalue weighted by molar-refractivity contribution is 0.0930. The van der Waals surface area contributed by atoms with Gasteiger partial charge in [0.1, 0.15) is 5.56 Å². The quantitative estimate of drug-likeness (QED) is 0.816. The molecular formula is C23H29N3O3. The Kier molecular flexibility index (Phi) is 6.00. The molecule has 2 aliphatic rings. The largest absolute Gasteiger partial charge is 0.376 e. The van der Waals surface area contributed by atoms with E-state index in [1.54, 1.807) is 10.8 Å². The Labute approximate surface area is 171 Å². The summed E-state index contributed by atoms with van der Waals surface area (Å²) in [7, 11) is 0. The molecule has 0 radical (unpaired) electrons. The van der Waals surface area contributed by atoms with E-state index in [0.717, 1.165) is 45.4 Å². The van der Waals surface area contributed by atoms with Crippen molar-refractivity contribution < 1.29 is 9.53 Å². The summed E-state index contributed by atoms with van der Waals surface area (Å²) < 4.78 is 7.25. The Bertz CT molecular complexity index is 931. The highest BCUT2D eigenvalue weighted by Crippen LogP contribution is 2.26. The molecule has 1 amide bonds. The van der Waals surface area contributed by atoms with Crippen molar-refractivity contribution in [3.63, 3.8) is 0 Å². The maximum atomic E-state index is 12.9. The van der Waals surface area contributed by atoms with Crippen LogP contribution < -0.4 is 15.8 Å². The number of nitrogens with zero attached hydrogens (tertiary/aromatic N) is 2. The van der Waals surface area contributed by atoms with E-state index in [0.29, 0.717) is 18.7 Å². The average molecular weight is 396 g/mol. The van der Waals surface area contributed by atoms with Gasteiger partial charge in [-0.25, -0.2) is 0 Å². The highest BCUT2D eigenvalue weighted by Gasteiger charge is 2.21. The lowest BCUT2D eigenvalue weighted by atomic mass is 10.0. The van der Waals surface area contributed by atoms with Crippen molar-refractivity contribution in [2.75, 3.05) is 31.1 Å². The lowest BCUT2D eigenvalue weighted by Gasteiger charge is -2.31. The van der Waals surface area contributed by atoms with E-state index in [1.807, 2.05) is 13.0 Å². The fraction of sp³-hybridized carbons (Fsp3) is 0.478. The van der Waals surface area contributed by atoms with Gasteiger partial charge in [-0.15, -0.1) is 0 Å². The summed E-state index contributed by atoms with van der Waals surface area (Å²) in [6.45, 7) is 5.30. The Morgan fingerprint density at radius 3 is 2.93 bits per heavy atom. The summed E-state index contributed by atoms with van der Waals surface area (Å²) in [6.07, 6.45) is 6.03. The SMILES string of the molecule is Cc1ccn(CC2CCCO2)c(=O)c1C(=O)NCCN1CCCc2ccccc21. The smallest absolute Gasteiger partial charge is 0.263 e. The first-order chi connectivity index (χ1) is 14.1. The van der Waals surface area contributed by atoms with Gasteiger partial charge in [-0.2, -0.15) is 0 Å². The summed E-state index contributed by atoms with van der Waals surface area (Å²) in [4.78, 5) is 28.0. The van der Waals surface area contributed by atoms with Crippen LogP contribution in [-0.2, 0) is 17.7 Å². The van der Waals surface area contributed by atoms with Gasteiger partial charge in [0.25, 0.3) is 11.5 Å². The van der Waals surface area contributed by atoms with Crippen LogP contribution in [0.25, 0.3) is 0 Å². The minimum absolute atomic E-state index is 0.0606. The molecule has 0 aliphatic carbocycles. The number of carbonyl (C=O) groups excluding carboxylic acids is 1. The maximum Gasteiger partial charge on any atom is 0.263 e. The molecule has 154 valence electrons. The molecule has 6 nitrogen and oxygen atoms in total. The third kappa shape index (κ3) is 4.37. The molecule has 2 aliphatic heterocycles. The number of para-hydroxylation sites is 1. The van der Waals surface area contributed by atoms with Gasteiger partial charge in [0.2, 0.25) is 0 Å². The second-order valence-electron chi connectivity index (χ2n) is 7.94. The second kappa shape index (κ2) is 8.82. The van der Waals surface area contributed by atoms with Gasteiger partial charge in [0.05, 0.1) is 12.6 Å². The van der Waals surface area contributed by atoms with E-state index in [4.69, 9.17) is 4.74 Å². The van der Waals surface area contributed by atoms with E-state index in [1.165, 1.54) is 11.3 Å². The zero-order valence-corrected chi connectivity index (χ0v) is 17.0. The molecule has 6 heteroatoms. The summed E-state index contributed by atoms with van der Waals surface area (Å²) in [5, 5.41) is 2.95. The molecule has 1 saturated heterocycles. The molecule has 4 rings (SSSR count). The molecule has 0 bridgehead atoms. The van der Waals surface area contributed by atoms with Crippen LogP contribution in [-0.4, -0.2) is 42.8 Å². The predicted molar refractivity (Wildman–Crippen MR) is 114 cm³/mol. The number of fused-ring (bicyclic) bond motifs is 1. The Morgan fingerprint density at radius 2 is 2.10 bits per heavy atom. The van der Waals surface area contributed by atoms with Crippen LogP contribution >= 0.6 is 0 Å². The van der Waals surface area contributed by atoms with Gasteiger partial charge >= 0.3 is 0 Å². The number of carbonyl (C=O) groups is 1. The third-order valence-electron chi connectivity index (χ3n) is 5.90. The number of hydrogen-bond acceptors (Lipinski definition) is 4. The minimum Gasteiger partial charge on any atom is -0.376 e. The Balaban J connectivity index is 1.40. The minimum atomic E-state index is -0.292. The maximum absolute atomic E-state index is 12.9. The fourth-order valence-corrected chi connectivity index (χ4v) is 4.33. The van der Waals surface area contributed by atoms with E-state index in [-0.39, 0.29) is 23.1 Å². The first-order valence-corrected chi connectivity index (χ1v) is 10.6. The first-order valence-electron chi connectivity index (χ1n) is 10.6. The van der Waals surface area contributed by atoms with E-state index in [9.17, 15) is 9.59 Å². The van der Waals surface area contributed by atoms with Crippen LogP contribution in [0.15, 0.2) is 41.3 Å². The summed E-state index contributed by atoms with van der Waals surface area (Å²) in [5.41, 5.74) is 3.33. The van der Waals surface area contributed by atoms with Crippen LogP contribution in [0.5, 0.6) is 0 Å². The van der Waals surface area contributed by atoms with Crippen molar-refractivity contribution in [2.24, 2.45) is 0 Å². The van der Waals surface area contributed by atoms with Gasteiger partial charge in [0.15, 0.2) is 0 Å². The van der Waals surface area contributed by atoms with Crippen LogP contribution in [0.2, 0.25) is 0 Å². The van der Waals surface area contributed by atoms with Crippen molar-refractivity contribution in [3.05, 3.63) is 63.6 Å². The van der Waals surface area contributed by atoms with E-state index < -0.39 is 0 Å². The monoisotopic (exact) mass is 395 g/mol. The molecule has 1 fully saturated rings. The molecule has 2 aromatic rings. The van der Waals surface area contributed by atoms with Crippen molar-refractivity contribution in [1.29, 1.82) is 0 Å². The molecular weight excluding hydrogens is 366 g/mol. The number of aromatic nitrogens is 1. The predicted octanol–water partition coefficient (Wildman–Crippen LogP) is 2.52. The van der Waals surface area contributed by atoms with Crippen molar-refractivity contribution >= 4 is 11.6 Å². The molecule has 1 aromatic heterocycles. The van der Waals surface area contributed by atoms with E-state index >= 15 is 0 Å². The van der Waals surface area contributed by atoms with Crippen LogP contribution in [0.4, 0.5) is 5.69 Å². The number of amides is 1. The van der Waals surface area contributed by atoms with Gasteiger partial charge in [-0.3, -0.25) is 9.59 Å². The van der Waals surface area contributed by atoms with Crippen LogP contribution in [0.1, 0.15) is 40.7 Å². The van der Waals surface area contributed by atoms with Crippen molar-refractivity contribution in [2.45, 2.75) is 45.3 Å². The van der Waals surface area contributed by atoms with Crippen molar-refractivity contribution in [3.8, 4) is 0 Å². The van der Waals surface area contributed by atoms with Gasteiger partial charge in [0, 0.05) is 38.1 Å². The number of rotatable bonds is 6. The molecule has 1 atom stereocenters. The number of benzene rings is 1. The first kappa shape index (κ1) is 19.7. The van der Waals surface area contributed by atoms with Gasteiger partial charge < -0.3 is 19.5 Å². The topological polar surface area (TPSA) is 63.6 Å². The number of aryl methyl sites for hydroxylation is 2. The van der Waals surface area contributed by atoms with Gasteiger partial charge in [-0.05, 0) is 55.9 Å². The zero-order valence-electron chi connectivity index (χ0n) is 17.0.